The van der Waals surface area contributed by atoms with Gasteiger partial charge in [-0.2, -0.15) is 0 Å². The molecule has 2 aliphatic rings. The van der Waals surface area contributed by atoms with Crippen LogP contribution in [0.5, 0.6) is 0 Å². The summed E-state index contributed by atoms with van der Waals surface area (Å²) in [5.74, 6) is -0.0520. The Bertz CT molecular complexity index is 791. The first-order valence-electron chi connectivity index (χ1n) is 7.68. The van der Waals surface area contributed by atoms with Gasteiger partial charge in [-0.05, 0) is 13.3 Å². The predicted molar refractivity (Wildman–Crippen MR) is 78.7 cm³/mol. The summed E-state index contributed by atoms with van der Waals surface area (Å²) in [5.41, 5.74) is 1.90. The third-order valence-corrected chi connectivity index (χ3v) is 4.70. The summed E-state index contributed by atoms with van der Waals surface area (Å²) < 4.78 is 7.70. The molecule has 2 aromatic heterocycles. The number of carbonyl (C=O) groups is 1. The fourth-order valence-corrected chi connectivity index (χ4v) is 3.35. The first kappa shape index (κ1) is 14.2. The summed E-state index contributed by atoms with van der Waals surface area (Å²) in [7, 11) is 0. The molecule has 0 spiro atoms. The zero-order valence-electron chi connectivity index (χ0n) is 12.8. The molecular weight excluding hydrogens is 300 g/mol. The maximum Gasteiger partial charge on any atom is 0.267 e. The van der Waals surface area contributed by atoms with Gasteiger partial charge in [0.1, 0.15) is 0 Å². The van der Waals surface area contributed by atoms with Crippen molar-refractivity contribution in [3.05, 3.63) is 33.5 Å². The Hall–Kier alpha value is -2.42. The van der Waals surface area contributed by atoms with Gasteiger partial charge in [-0.15, -0.1) is 5.10 Å². The van der Waals surface area contributed by atoms with Gasteiger partial charge in [-0.1, -0.05) is 5.21 Å². The Labute approximate surface area is 131 Å². The molecule has 2 aromatic rings. The van der Waals surface area contributed by atoms with E-state index in [0.717, 1.165) is 12.1 Å². The molecule has 0 bridgehead atoms. The Morgan fingerprint density at radius 2 is 2.35 bits per heavy atom. The molecule has 0 radical (unpaired) electrons. The van der Waals surface area contributed by atoms with Crippen molar-refractivity contribution in [2.24, 2.45) is 0 Å². The highest BCUT2D eigenvalue weighted by Gasteiger charge is 2.37. The second-order valence-corrected chi connectivity index (χ2v) is 6.07. The molecule has 4 heterocycles. The van der Waals surface area contributed by atoms with Gasteiger partial charge in [0.05, 0.1) is 37.1 Å². The lowest BCUT2D eigenvalue weighted by Crippen LogP contribution is -2.50. The number of hydrogen-bond acceptors (Lipinski definition) is 5. The summed E-state index contributed by atoms with van der Waals surface area (Å²) in [5, 5.41) is 13.3. The van der Waals surface area contributed by atoms with E-state index in [-0.39, 0.29) is 30.0 Å². The van der Waals surface area contributed by atoms with Crippen LogP contribution in [0.15, 0.2) is 11.0 Å². The second kappa shape index (κ2) is 5.34. The lowest BCUT2D eigenvalue weighted by atomic mass is 9.99. The van der Waals surface area contributed by atoms with Crippen LogP contribution in [-0.2, 0) is 22.6 Å². The van der Waals surface area contributed by atoms with Crippen LogP contribution >= 0.6 is 0 Å². The van der Waals surface area contributed by atoms with Crippen molar-refractivity contribution >= 4 is 5.91 Å². The van der Waals surface area contributed by atoms with Crippen LogP contribution in [0.25, 0.3) is 0 Å². The Morgan fingerprint density at radius 1 is 1.48 bits per heavy atom. The number of aromatic nitrogens is 5. The fourth-order valence-electron chi connectivity index (χ4n) is 3.35. The van der Waals surface area contributed by atoms with E-state index in [1.165, 1.54) is 0 Å². The van der Waals surface area contributed by atoms with Gasteiger partial charge in [-0.25, -0.2) is 4.68 Å². The molecule has 1 amide bonds. The van der Waals surface area contributed by atoms with Crippen molar-refractivity contribution < 1.29 is 9.53 Å². The molecule has 9 nitrogen and oxygen atoms in total. The van der Waals surface area contributed by atoms with Crippen molar-refractivity contribution in [3.63, 3.8) is 0 Å². The normalized spacial score (nSPS) is 23.4. The summed E-state index contributed by atoms with van der Waals surface area (Å²) in [4.78, 5) is 26.1. The summed E-state index contributed by atoms with van der Waals surface area (Å²) >= 11 is 0. The molecule has 0 aliphatic carbocycles. The monoisotopic (exact) mass is 318 g/mol. The SMILES string of the molecule is Cc1[nH][nH]c(=O)c1CC(=O)N1CC[C@@H]2OCc3cnnn3[C@@H]2C1. The third kappa shape index (κ3) is 2.37. The Kier molecular flexibility index (Phi) is 3.29. The molecule has 0 aromatic carbocycles. The molecular formula is C14H18N6O3. The number of amides is 1. The predicted octanol–water partition coefficient (Wildman–Crippen LogP) is -0.482. The number of ether oxygens (including phenoxy) is 1. The minimum Gasteiger partial charge on any atom is -0.370 e. The highest BCUT2D eigenvalue weighted by atomic mass is 16.5. The van der Waals surface area contributed by atoms with E-state index in [9.17, 15) is 9.59 Å². The number of likely N-dealkylation sites (tertiary alicyclic amines) is 1. The highest BCUT2D eigenvalue weighted by Crippen LogP contribution is 2.30. The Balaban J connectivity index is 1.51. The zero-order chi connectivity index (χ0) is 16.0. The number of piperidine rings is 1. The molecule has 2 atom stereocenters. The first-order valence-corrected chi connectivity index (χ1v) is 7.68. The lowest BCUT2D eigenvalue weighted by Gasteiger charge is -2.41. The van der Waals surface area contributed by atoms with Gasteiger partial charge in [-0.3, -0.25) is 14.7 Å². The number of rotatable bonds is 2. The van der Waals surface area contributed by atoms with Crippen LogP contribution in [0.4, 0.5) is 0 Å². The first-order chi connectivity index (χ1) is 11.1. The third-order valence-electron chi connectivity index (χ3n) is 4.70. The number of aryl methyl sites for hydroxylation is 1. The molecule has 1 saturated heterocycles. The van der Waals surface area contributed by atoms with Crippen LogP contribution in [0.3, 0.4) is 0 Å². The minimum absolute atomic E-state index is 0.00967. The summed E-state index contributed by atoms with van der Waals surface area (Å²) in [6.07, 6.45) is 2.62. The van der Waals surface area contributed by atoms with Crippen LogP contribution in [0.1, 0.15) is 29.4 Å². The molecule has 1 fully saturated rings. The highest BCUT2D eigenvalue weighted by molar-refractivity contribution is 5.79. The molecule has 0 unspecified atom stereocenters. The van der Waals surface area contributed by atoms with Gasteiger partial charge in [0, 0.05) is 24.3 Å². The van der Waals surface area contributed by atoms with E-state index in [1.807, 2.05) is 4.68 Å². The molecule has 4 rings (SSSR count). The maximum atomic E-state index is 12.6. The van der Waals surface area contributed by atoms with Gasteiger partial charge in [0.25, 0.3) is 5.56 Å². The van der Waals surface area contributed by atoms with Crippen LogP contribution < -0.4 is 5.56 Å². The second-order valence-electron chi connectivity index (χ2n) is 6.07. The standard InChI is InChI=1S/C14H18N6O3/c1-8-10(14(22)17-16-8)4-13(21)19-3-2-12-11(6-19)20-9(7-23-12)5-15-18-20/h5,11-12H,2-4,6-7H2,1H3,(H2,16,17,22)/t11-,12+/m1/s1. The molecule has 122 valence electrons. The van der Waals surface area contributed by atoms with E-state index >= 15 is 0 Å². The van der Waals surface area contributed by atoms with E-state index in [2.05, 4.69) is 20.5 Å². The van der Waals surface area contributed by atoms with Gasteiger partial charge >= 0.3 is 0 Å². The number of H-pyrrole nitrogens is 2. The van der Waals surface area contributed by atoms with Crippen LogP contribution in [0.2, 0.25) is 0 Å². The van der Waals surface area contributed by atoms with Gasteiger partial charge in [0.15, 0.2) is 0 Å². The fraction of sp³-hybridized carbons (Fsp3) is 0.571. The molecule has 2 N–H and O–H groups in total. The van der Waals surface area contributed by atoms with E-state index < -0.39 is 0 Å². The van der Waals surface area contributed by atoms with E-state index in [0.29, 0.717) is 31.0 Å². The number of nitrogens with one attached hydrogen (secondary N) is 2. The number of hydrogen-bond donors (Lipinski definition) is 2. The van der Waals surface area contributed by atoms with E-state index in [4.69, 9.17) is 4.74 Å². The number of fused-ring (bicyclic) bond motifs is 3. The Morgan fingerprint density at radius 3 is 3.13 bits per heavy atom. The smallest absolute Gasteiger partial charge is 0.267 e. The number of nitrogens with zero attached hydrogens (tertiary/aromatic N) is 4. The largest absolute Gasteiger partial charge is 0.370 e. The zero-order valence-corrected chi connectivity index (χ0v) is 12.8. The van der Waals surface area contributed by atoms with Crippen molar-refractivity contribution in [1.29, 1.82) is 0 Å². The van der Waals surface area contributed by atoms with Gasteiger partial charge < -0.3 is 14.7 Å². The van der Waals surface area contributed by atoms with Crippen LogP contribution in [0, 0.1) is 6.92 Å². The number of carbonyl (C=O) groups excluding carboxylic acids is 1. The lowest BCUT2D eigenvalue weighted by molar-refractivity contribution is -0.137. The van der Waals surface area contributed by atoms with Crippen molar-refractivity contribution in [3.8, 4) is 0 Å². The van der Waals surface area contributed by atoms with Crippen molar-refractivity contribution in [2.45, 2.75) is 38.5 Å². The van der Waals surface area contributed by atoms with E-state index in [1.54, 1.807) is 18.0 Å². The van der Waals surface area contributed by atoms with Crippen LogP contribution in [-0.4, -0.2) is 55.2 Å². The summed E-state index contributed by atoms with van der Waals surface area (Å²) in [6.45, 7) is 3.45. The molecule has 0 saturated carbocycles. The topological polar surface area (TPSA) is 109 Å². The minimum atomic E-state index is -0.231. The average molecular weight is 318 g/mol. The molecule has 2 aliphatic heterocycles. The molecule has 9 heteroatoms. The van der Waals surface area contributed by atoms with Crippen molar-refractivity contribution in [2.75, 3.05) is 13.1 Å². The average Bonchev–Trinajstić information content (AvgIpc) is 3.16. The maximum absolute atomic E-state index is 12.6. The molecule has 23 heavy (non-hydrogen) atoms. The summed E-state index contributed by atoms with van der Waals surface area (Å²) in [6, 6.07) is -0.00967. The van der Waals surface area contributed by atoms with Gasteiger partial charge in [0.2, 0.25) is 5.91 Å². The number of aromatic amines is 2. The van der Waals surface area contributed by atoms with Crippen molar-refractivity contribution in [1.82, 2.24) is 30.1 Å². The quantitative estimate of drug-likeness (QED) is 0.777.